The van der Waals surface area contributed by atoms with Gasteiger partial charge < -0.3 is 30.1 Å². The van der Waals surface area contributed by atoms with Gasteiger partial charge in [-0.1, -0.05) is 12.8 Å². The molecule has 2 aliphatic heterocycles. The van der Waals surface area contributed by atoms with Gasteiger partial charge in [0.1, 0.15) is 5.70 Å². The quantitative estimate of drug-likeness (QED) is 0.570. The number of carbonyl (C=O) groups excluding carboxylic acids is 2. The summed E-state index contributed by atoms with van der Waals surface area (Å²) in [6, 6.07) is 4.75. The van der Waals surface area contributed by atoms with Gasteiger partial charge in [0.25, 0.3) is 5.91 Å². The molecule has 0 unspecified atom stereocenters. The molecule has 1 fully saturated rings. The Bertz CT molecular complexity index is 858. The van der Waals surface area contributed by atoms with Crippen molar-refractivity contribution >= 4 is 29.2 Å². The Kier molecular flexibility index (Phi) is 6.94. The number of amides is 1. The highest BCUT2D eigenvalue weighted by atomic mass is 16.5. The van der Waals surface area contributed by atoms with E-state index in [1.165, 1.54) is 24.1 Å². The Labute approximate surface area is 174 Å². The molecule has 2 heterocycles. The van der Waals surface area contributed by atoms with Crippen molar-refractivity contribution in [1.29, 1.82) is 0 Å². The highest BCUT2D eigenvalue weighted by molar-refractivity contribution is 6.09. The third kappa shape index (κ3) is 4.56. The van der Waals surface area contributed by atoms with Crippen LogP contribution in [0.2, 0.25) is 0 Å². The molecule has 3 N–H and O–H groups in total. The molecule has 162 valence electrons. The maximum absolute atomic E-state index is 12.8. The molecule has 9 heteroatoms. The third-order valence-electron chi connectivity index (χ3n) is 5.40. The number of β-amino-alcohol motifs (C(OH)–C–C–N with tert-alkyl or cyclic N) is 1. The lowest BCUT2D eigenvalue weighted by Gasteiger charge is -2.26. The zero-order chi connectivity index (χ0) is 21.7. The van der Waals surface area contributed by atoms with Crippen molar-refractivity contribution in [3.8, 4) is 0 Å². The van der Waals surface area contributed by atoms with E-state index in [1.54, 1.807) is 6.07 Å². The van der Waals surface area contributed by atoms with Crippen molar-refractivity contribution in [1.82, 2.24) is 4.90 Å². The van der Waals surface area contributed by atoms with Crippen LogP contribution in [0.3, 0.4) is 0 Å². The van der Waals surface area contributed by atoms with Crippen molar-refractivity contribution in [2.75, 3.05) is 50.1 Å². The van der Waals surface area contributed by atoms with Gasteiger partial charge in [-0.3, -0.25) is 4.79 Å². The molecule has 1 amide bonds. The van der Waals surface area contributed by atoms with Crippen molar-refractivity contribution in [3.05, 3.63) is 35.0 Å². The topological polar surface area (TPSA) is 119 Å². The number of carboxylic acids is 1. The first-order chi connectivity index (χ1) is 14.5. The van der Waals surface area contributed by atoms with Gasteiger partial charge in [0, 0.05) is 19.6 Å². The standard InChI is InChI=1S/C21H27N3O6/c1-30-21(29)15-13-24(10-11-25)19(26)18(15)22-16-12-14(20(27)28)6-7-17(16)23-8-4-2-3-5-9-23/h6-7,12,22,25H,2-5,8-11,13H2,1H3,(H,27,28). The minimum absolute atomic E-state index is 0.0199. The summed E-state index contributed by atoms with van der Waals surface area (Å²) in [5.41, 5.74) is 1.51. The van der Waals surface area contributed by atoms with Crippen LogP contribution in [0, 0.1) is 0 Å². The summed E-state index contributed by atoms with van der Waals surface area (Å²) in [6.45, 7) is 1.52. The molecule has 2 aliphatic rings. The summed E-state index contributed by atoms with van der Waals surface area (Å²) < 4.78 is 4.82. The first kappa shape index (κ1) is 21.6. The zero-order valence-corrected chi connectivity index (χ0v) is 17.0. The third-order valence-corrected chi connectivity index (χ3v) is 5.40. The predicted molar refractivity (Wildman–Crippen MR) is 110 cm³/mol. The second-order valence-corrected chi connectivity index (χ2v) is 7.36. The number of ether oxygens (including phenoxy) is 1. The second kappa shape index (κ2) is 9.62. The van der Waals surface area contributed by atoms with E-state index in [1.807, 2.05) is 0 Å². The van der Waals surface area contributed by atoms with Crippen LogP contribution in [0.5, 0.6) is 0 Å². The number of carbonyl (C=O) groups is 3. The van der Waals surface area contributed by atoms with Crippen LogP contribution in [-0.4, -0.2) is 72.9 Å². The maximum Gasteiger partial charge on any atom is 0.337 e. The minimum atomic E-state index is -1.08. The van der Waals surface area contributed by atoms with Crippen LogP contribution in [-0.2, 0) is 14.3 Å². The Balaban J connectivity index is 2.01. The summed E-state index contributed by atoms with van der Waals surface area (Å²) in [7, 11) is 1.24. The van der Waals surface area contributed by atoms with Gasteiger partial charge in [-0.2, -0.15) is 0 Å². The van der Waals surface area contributed by atoms with Crippen LogP contribution in [0.1, 0.15) is 36.0 Å². The minimum Gasteiger partial charge on any atom is -0.478 e. The molecule has 9 nitrogen and oxygen atoms in total. The van der Waals surface area contributed by atoms with E-state index in [0.29, 0.717) is 5.69 Å². The first-order valence-corrected chi connectivity index (χ1v) is 10.1. The average Bonchev–Trinajstić information content (AvgIpc) is 2.92. The highest BCUT2D eigenvalue weighted by Gasteiger charge is 2.35. The fraction of sp³-hybridized carbons (Fsp3) is 0.476. The lowest BCUT2D eigenvalue weighted by atomic mass is 10.1. The molecule has 0 spiro atoms. The molecule has 30 heavy (non-hydrogen) atoms. The summed E-state index contributed by atoms with van der Waals surface area (Å²) in [5, 5.41) is 21.7. The maximum atomic E-state index is 12.8. The number of methoxy groups -OCH3 is 1. The fourth-order valence-electron chi connectivity index (χ4n) is 3.84. The Morgan fingerprint density at radius 2 is 1.87 bits per heavy atom. The number of anilines is 2. The summed E-state index contributed by atoms with van der Waals surface area (Å²) in [6.07, 6.45) is 4.33. The van der Waals surface area contributed by atoms with Gasteiger partial charge in [0.05, 0.1) is 42.8 Å². The molecule has 1 saturated heterocycles. The number of benzene rings is 1. The number of hydrogen-bond donors (Lipinski definition) is 3. The highest BCUT2D eigenvalue weighted by Crippen LogP contribution is 2.32. The lowest BCUT2D eigenvalue weighted by Crippen LogP contribution is -2.31. The molecule has 0 bridgehead atoms. The van der Waals surface area contributed by atoms with E-state index >= 15 is 0 Å². The van der Waals surface area contributed by atoms with E-state index in [9.17, 15) is 24.6 Å². The van der Waals surface area contributed by atoms with Gasteiger partial charge in [-0.05, 0) is 31.0 Å². The molecule has 0 atom stereocenters. The van der Waals surface area contributed by atoms with Crippen LogP contribution in [0.25, 0.3) is 0 Å². The number of aliphatic hydroxyl groups excluding tert-OH is 1. The van der Waals surface area contributed by atoms with Gasteiger partial charge in [0.2, 0.25) is 0 Å². The number of rotatable bonds is 7. The van der Waals surface area contributed by atoms with Crippen molar-refractivity contribution in [2.45, 2.75) is 25.7 Å². The summed E-state index contributed by atoms with van der Waals surface area (Å²) in [4.78, 5) is 40.1. The fourth-order valence-corrected chi connectivity index (χ4v) is 3.84. The zero-order valence-electron chi connectivity index (χ0n) is 17.0. The molecule has 0 radical (unpaired) electrons. The van der Waals surface area contributed by atoms with Gasteiger partial charge in [-0.15, -0.1) is 0 Å². The normalized spacial score (nSPS) is 17.2. The molecule has 0 aromatic heterocycles. The van der Waals surface area contributed by atoms with Crippen LogP contribution in [0.4, 0.5) is 11.4 Å². The Morgan fingerprint density at radius 3 is 2.47 bits per heavy atom. The molecule has 0 aliphatic carbocycles. The first-order valence-electron chi connectivity index (χ1n) is 10.1. The number of aromatic carboxylic acids is 1. The second-order valence-electron chi connectivity index (χ2n) is 7.36. The van der Waals surface area contributed by atoms with Gasteiger partial charge in [-0.25, -0.2) is 9.59 Å². The van der Waals surface area contributed by atoms with E-state index in [4.69, 9.17) is 4.74 Å². The number of nitrogens with zero attached hydrogens (tertiary/aromatic N) is 2. The van der Waals surface area contributed by atoms with Crippen LogP contribution in [0.15, 0.2) is 29.5 Å². The van der Waals surface area contributed by atoms with Crippen molar-refractivity contribution in [3.63, 3.8) is 0 Å². The molecule has 3 rings (SSSR count). The molecular weight excluding hydrogens is 390 g/mol. The van der Waals surface area contributed by atoms with Gasteiger partial charge in [0.15, 0.2) is 0 Å². The molecule has 1 aromatic carbocycles. The van der Waals surface area contributed by atoms with E-state index in [2.05, 4.69) is 10.2 Å². The number of hydrogen-bond acceptors (Lipinski definition) is 7. The smallest absolute Gasteiger partial charge is 0.337 e. The predicted octanol–water partition coefficient (Wildman–Crippen LogP) is 1.44. The Hall–Kier alpha value is -3.07. The van der Waals surface area contributed by atoms with Crippen LogP contribution < -0.4 is 10.2 Å². The number of esters is 1. The average molecular weight is 417 g/mol. The van der Waals surface area contributed by atoms with Crippen molar-refractivity contribution in [2.24, 2.45) is 0 Å². The largest absolute Gasteiger partial charge is 0.478 e. The molecular formula is C21H27N3O6. The monoisotopic (exact) mass is 417 g/mol. The molecule has 0 saturated carbocycles. The van der Waals surface area contributed by atoms with Crippen LogP contribution >= 0.6 is 0 Å². The van der Waals surface area contributed by atoms with Crippen molar-refractivity contribution < 1.29 is 29.3 Å². The SMILES string of the molecule is COC(=O)C1=C(Nc2cc(C(=O)O)ccc2N2CCCCCC2)C(=O)N(CCO)C1. The number of nitrogens with one attached hydrogen (secondary N) is 1. The van der Waals surface area contributed by atoms with E-state index in [0.717, 1.165) is 44.5 Å². The van der Waals surface area contributed by atoms with E-state index in [-0.39, 0.29) is 36.5 Å². The number of aliphatic hydroxyl groups is 1. The molecule has 1 aromatic rings. The van der Waals surface area contributed by atoms with E-state index < -0.39 is 17.8 Å². The summed E-state index contributed by atoms with van der Waals surface area (Å²) in [5.74, 6) is -2.16. The van der Waals surface area contributed by atoms with Gasteiger partial charge >= 0.3 is 11.9 Å². The Morgan fingerprint density at radius 1 is 1.17 bits per heavy atom. The summed E-state index contributed by atoms with van der Waals surface area (Å²) >= 11 is 0. The number of carboxylic acid groups (broad SMARTS) is 1. The lowest BCUT2D eigenvalue weighted by molar-refractivity contribution is -0.136.